The Morgan fingerprint density at radius 2 is 1.80 bits per heavy atom. The number of fused-ring (bicyclic) bond motifs is 1. The zero-order chi connectivity index (χ0) is 22.0. The van der Waals surface area contributed by atoms with E-state index in [1.165, 1.54) is 0 Å². The minimum atomic E-state index is -0.671. The van der Waals surface area contributed by atoms with Gasteiger partial charge in [-0.2, -0.15) is 0 Å². The fourth-order valence-electron chi connectivity index (χ4n) is 3.47. The van der Waals surface area contributed by atoms with Gasteiger partial charge in [-0.25, -0.2) is 4.79 Å². The molecular weight excluding hydrogens is 386 g/mol. The number of benzene rings is 1. The number of amides is 2. The molecular formula is C22H29N3O5. The Morgan fingerprint density at radius 1 is 1.13 bits per heavy atom. The summed E-state index contributed by atoms with van der Waals surface area (Å²) in [5, 5.41) is 0.849. The average Bonchev–Trinajstić information content (AvgIpc) is 2.72. The molecule has 2 amide bonds. The van der Waals surface area contributed by atoms with Crippen molar-refractivity contribution in [2.45, 2.75) is 26.9 Å². The Labute approximate surface area is 176 Å². The van der Waals surface area contributed by atoms with Gasteiger partial charge in [0.2, 0.25) is 5.91 Å². The molecule has 0 aliphatic carbocycles. The summed E-state index contributed by atoms with van der Waals surface area (Å²) in [7, 11) is 3.48. The molecule has 1 fully saturated rings. The Morgan fingerprint density at radius 3 is 2.43 bits per heavy atom. The summed E-state index contributed by atoms with van der Waals surface area (Å²) in [5.41, 5.74) is 1.54. The van der Waals surface area contributed by atoms with Crippen LogP contribution in [0.4, 0.5) is 0 Å². The molecule has 1 aromatic carbocycles. The molecule has 2 heterocycles. The Bertz CT molecular complexity index is 1010. The van der Waals surface area contributed by atoms with Gasteiger partial charge in [0.05, 0.1) is 6.54 Å². The molecule has 0 bridgehead atoms. The molecule has 2 aromatic rings. The van der Waals surface area contributed by atoms with E-state index in [0.29, 0.717) is 49.6 Å². The first kappa shape index (κ1) is 21.8. The quantitative estimate of drug-likeness (QED) is 0.687. The number of nitrogens with zero attached hydrogens (tertiary/aromatic N) is 3. The Hall–Kier alpha value is -2.87. The van der Waals surface area contributed by atoms with Crippen LogP contribution in [0.1, 0.15) is 18.1 Å². The Kier molecular flexibility index (Phi) is 6.45. The van der Waals surface area contributed by atoms with Crippen molar-refractivity contribution in [2.24, 2.45) is 0 Å². The molecule has 1 atom stereocenters. The van der Waals surface area contributed by atoms with Crippen LogP contribution in [0.3, 0.4) is 0 Å². The first-order valence-corrected chi connectivity index (χ1v) is 10.1. The number of aryl methyl sites for hydroxylation is 1. The van der Waals surface area contributed by atoms with Crippen molar-refractivity contribution in [3.63, 3.8) is 0 Å². The van der Waals surface area contributed by atoms with Crippen LogP contribution in [0.15, 0.2) is 27.4 Å². The molecule has 1 aromatic heterocycles. The zero-order valence-electron chi connectivity index (χ0n) is 18.2. The molecule has 0 N–H and O–H groups in total. The van der Waals surface area contributed by atoms with Crippen molar-refractivity contribution in [2.75, 3.05) is 46.8 Å². The van der Waals surface area contributed by atoms with Crippen molar-refractivity contribution < 1.29 is 18.7 Å². The second-order valence-electron chi connectivity index (χ2n) is 7.95. The molecule has 162 valence electrons. The predicted molar refractivity (Wildman–Crippen MR) is 114 cm³/mol. The first-order chi connectivity index (χ1) is 14.2. The van der Waals surface area contributed by atoms with Gasteiger partial charge >= 0.3 is 5.63 Å². The van der Waals surface area contributed by atoms with E-state index in [0.717, 1.165) is 10.9 Å². The fourth-order valence-corrected chi connectivity index (χ4v) is 3.47. The van der Waals surface area contributed by atoms with Gasteiger partial charge in [-0.1, -0.05) is 0 Å². The van der Waals surface area contributed by atoms with E-state index in [-0.39, 0.29) is 17.4 Å². The van der Waals surface area contributed by atoms with Gasteiger partial charge in [0.1, 0.15) is 11.3 Å². The van der Waals surface area contributed by atoms with Crippen LogP contribution in [0.5, 0.6) is 5.75 Å². The van der Waals surface area contributed by atoms with Crippen molar-refractivity contribution in [1.29, 1.82) is 0 Å². The van der Waals surface area contributed by atoms with E-state index in [1.54, 1.807) is 49.9 Å². The van der Waals surface area contributed by atoms with E-state index < -0.39 is 6.10 Å². The number of hydrogen-bond acceptors (Lipinski definition) is 6. The highest BCUT2D eigenvalue weighted by molar-refractivity contribution is 5.83. The van der Waals surface area contributed by atoms with Gasteiger partial charge in [-0.15, -0.1) is 0 Å². The van der Waals surface area contributed by atoms with Gasteiger partial charge in [0.15, 0.2) is 6.10 Å². The monoisotopic (exact) mass is 415 g/mol. The van der Waals surface area contributed by atoms with Crippen LogP contribution in [-0.2, 0) is 9.59 Å². The van der Waals surface area contributed by atoms with Crippen LogP contribution in [-0.4, -0.2) is 79.4 Å². The number of carbonyl (C=O) groups excluding carboxylic acids is 2. The molecule has 0 saturated carbocycles. The van der Waals surface area contributed by atoms with E-state index >= 15 is 0 Å². The van der Waals surface area contributed by atoms with E-state index in [4.69, 9.17) is 9.15 Å². The lowest BCUT2D eigenvalue weighted by molar-refractivity contribution is -0.140. The van der Waals surface area contributed by atoms with Crippen LogP contribution < -0.4 is 10.4 Å². The van der Waals surface area contributed by atoms with Gasteiger partial charge in [0.25, 0.3) is 5.91 Å². The van der Waals surface area contributed by atoms with Crippen LogP contribution in [0, 0.1) is 13.8 Å². The third-order valence-corrected chi connectivity index (χ3v) is 5.63. The molecule has 8 heteroatoms. The number of carbonyl (C=O) groups is 2. The molecule has 0 spiro atoms. The standard InChI is InChI=1S/C22H29N3O5/c1-14-15(2)22(28)30-19-12-17(6-7-18(14)19)29-16(3)21(27)25-10-8-24(9-11-25)13-20(26)23(4)5/h6-7,12,16H,8-11,13H2,1-5H3. The third-order valence-electron chi connectivity index (χ3n) is 5.63. The highest BCUT2D eigenvalue weighted by atomic mass is 16.5. The highest BCUT2D eigenvalue weighted by Crippen LogP contribution is 2.24. The summed E-state index contributed by atoms with van der Waals surface area (Å²) < 4.78 is 11.2. The summed E-state index contributed by atoms with van der Waals surface area (Å²) >= 11 is 0. The Balaban J connectivity index is 1.61. The topological polar surface area (TPSA) is 83.3 Å². The number of piperazine rings is 1. The molecule has 30 heavy (non-hydrogen) atoms. The lowest BCUT2D eigenvalue weighted by Crippen LogP contribution is -2.53. The van der Waals surface area contributed by atoms with Crippen LogP contribution in [0.25, 0.3) is 11.0 Å². The minimum Gasteiger partial charge on any atom is -0.481 e. The van der Waals surface area contributed by atoms with Crippen molar-refractivity contribution in [3.8, 4) is 5.75 Å². The molecule has 3 rings (SSSR count). The van der Waals surface area contributed by atoms with Crippen molar-refractivity contribution in [1.82, 2.24) is 14.7 Å². The van der Waals surface area contributed by atoms with E-state index in [9.17, 15) is 14.4 Å². The summed E-state index contributed by atoms with van der Waals surface area (Å²) in [6, 6.07) is 5.27. The molecule has 0 radical (unpaired) electrons. The van der Waals surface area contributed by atoms with Gasteiger partial charge in [0, 0.05) is 57.3 Å². The molecule has 1 aliphatic rings. The maximum Gasteiger partial charge on any atom is 0.339 e. The first-order valence-electron chi connectivity index (χ1n) is 10.1. The summed E-state index contributed by atoms with van der Waals surface area (Å²) in [6.45, 7) is 8.11. The second-order valence-corrected chi connectivity index (χ2v) is 7.95. The zero-order valence-corrected chi connectivity index (χ0v) is 18.2. The van der Waals surface area contributed by atoms with Crippen LogP contribution >= 0.6 is 0 Å². The maximum absolute atomic E-state index is 12.8. The number of ether oxygens (including phenoxy) is 1. The van der Waals surface area contributed by atoms with E-state index in [2.05, 4.69) is 0 Å². The molecule has 1 unspecified atom stereocenters. The SMILES string of the molecule is Cc1c(C)c2ccc(OC(C)C(=O)N3CCN(CC(=O)N(C)C)CC3)cc2oc1=O. The largest absolute Gasteiger partial charge is 0.481 e. The summed E-state index contributed by atoms with van der Waals surface area (Å²) in [6.07, 6.45) is -0.671. The van der Waals surface area contributed by atoms with Crippen LogP contribution in [0.2, 0.25) is 0 Å². The number of hydrogen-bond donors (Lipinski definition) is 0. The van der Waals surface area contributed by atoms with Gasteiger partial charge in [-0.05, 0) is 38.5 Å². The van der Waals surface area contributed by atoms with Gasteiger partial charge in [-0.3, -0.25) is 14.5 Å². The minimum absolute atomic E-state index is 0.0554. The lowest BCUT2D eigenvalue weighted by Gasteiger charge is -2.35. The maximum atomic E-state index is 12.8. The normalized spacial score (nSPS) is 15.8. The van der Waals surface area contributed by atoms with E-state index in [1.807, 2.05) is 17.9 Å². The number of likely N-dealkylation sites (N-methyl/N-ethyl adjacent to an activating group) is 1. The van der Waals surface area contributed by atoms with Crippen molar-refractivity contribution in [3.05, 3.63) is 39.7 Å². The second kappa shape index (κ2) is 8.87. The lowest BCUT2D eigenvalue weighted by atomic mass is 10.1. The molecule has 8 nitrogen and oxygen atoms in total. The molecule has 1 saturated heterocycles. The summed E-state index contributed by atoms with van der Waals surface area (Å²) in [4.78, 5) is 42.0. The number of rotatable bonds is 5. The summed E-state index contributed by atoms with van der Waals surface area (Å²) in [5.74, 6) is 0.431. The van der Waals surface area contributed by atoms with Crippen molar-refractivity contribution >= 4 is 22.8 Å². The predicted octanol–water partition coefficient (Wildman–Crippen LogP) is 1.41. The van der Waals surface area contributed by atoms with Gasteiger partial charge < -0.3 is 19.0 Å². The fraction of sp³-hybridized carbons (Fsp3) is 0.500. The highest BCUT2D eigenvalue weighted by Gasteiger charge is 2.27. The smallest absolute Gasteiger partial charge is 0.339 e. The molecule has 1 aliphatic heterocycles. The third kappa shape index (κ3) is 4.64. The average molecular weight is 415 g/mol.